The molecule has 1 aromatic heterocycles. The highest BCUT2D eigenvalue weighted by atomic mass is 32.1. The van der Waals surface area contributed by atoms with Crippen LogP contribution in [0.5, 0.6) is 11.5 Å². The first kappa shape index (κ1) is 25.1. The minimum Gasteiger partial charge on any atom is -0.493 e. The van der Waals surface area contributed by atoms with Gasteiger partial charge in [-0.05, 0) is 61.1 Å². The summed E-state index contributed by atoms with van der Waals surface area (Å²) in [5.41, 5.74) is 2.69. The fourth-order valence-electron chi connectivity index (χ4n) is 4.32. The molecule has 1 amide bonds. The highest BCUT2D eigenvalue weighted by Crippen LogP contribution is 2.28. The van der Waals surface area contributed by atoms with Crippen molar-refractivity contribution in [2.24, 2.45) is 0 Å². The van der Waals surface area contributed by atoms with Crippen molar-refractivity contribution in [3.63, 3.8) is 0 Å². The van der Waals surface area contributed by atoms with Crippen LogP contribution in [0, 0.1) is 5.82 Å². The van der Waals surface area contributed by atoms with Crippen molar-refractivity contribution in [1.82, 2.24) is 14.8 Å². The second-order valence-corrected chi connectivity index (χ2v) is 9.70. The summed E-state index contributed by atoms with van der Waals surface area (Å²) < 4.78 is 24.2. The van der Waals surface area contributed by atoms with Crippen LogP contribution in [0.15, 0.2) is 47.8 Å². The molecule has 186 valence electrons. The van der Waals surface area contributed by atoms with Crippen molar-refractivity contribution in [2.75, 3.05) is 33.9 Å². The van der Waals surface area contributed by atoms with Gasteiger partial charge in [0.1, 0.15) is 16.5 Å². The van der Waals surface area contributed by atoms with Crippen LogP contribution in [0.25, 0.3) is 0 Å². The maximum Gasteiger partial charge on any atom is 0.273 e. The predicted octanol–water partition coefficient (Wildman–Crippen LogP) is 5.17. The molecule has 0 saturated carbocycles. The van der Waals surface area contributed by atoms with Crippen molar-refractivity contribution in [2.45, 2.75) is 38.8 Å². The number of thiazole rings is 1. The predicted molar refractivity (Wildman–Crippen MR) is 136 cm³/mol. The van der Waals surface area contributed by atoms with Crippen LogP contribution >= 0.6 is 11.3 Å². The van der Waals surface area contributed by atoms with Crippen LogP contribution in [0.1, 0.15) is 45.9 Å². The Balaban J connectivity index is 1.46. The number of piperidine rings is 1. The van der Waals surface area contributed by atoms with Gasteiger partial charge in [-0.15, -0.1) is 11.3 Å². The Labute approximate surface area is 210 Å². The molecular weight excluding hydrogens is 465 g/mol. The summed E-state index contributed by atoms with van der Waals surface area (Å²) in [6, 6.07) is 12.5. The number of carbonyl (C=O) groups excluding carboxylic acids is 1. The molecule has 6 nitrogen and oxygen atoms in total. The molecule has 0 N–H and O–H groups in total. The van der Waals surface area contributed by atoms with Gasteiger partial charge in [0.05, 0.1) is 20.8 Å². The van der Waals surface area contributed by atoms with Gasteiger partial charge in [-0.2, -0.15) is 0 Å². The monoisotopic (exact) mass is 497 g/mol. The zero-order chi connectivity index (χ0) is 24.6. The zero-order valence-corrected chi connectivity index (χ0v) is 21.2. The smallest absolute Gasteiger partial charge is 0.273 e. The first-order valence-corrected chi connectivity index (χ1v) is 12.8. The summed E-state index contributed by atoms with van der Waals surface area (Å²) in [4.78, 5) is 21.7. The van der Waals surface area contributed by atoms with E-state index in [0.717, 1.165) is 55.0 Å². The second kappa shape index (κ2) is 12.1. The number of halogens is 1. The van der Waals surface area contributed by atoms with Gasteiger partial charge in [0.25, 0.3) is 5.91 Å². The SMILES string of the molecule is COc1ccc(CCN(Cc2ccc(F)cc2)Cc2nc(C(=O)N3CCCCC3)cs2)cc1OC. The van der Waals surface area contributed by atoms with Gasteiger partial charge in [-0.1, -0.05) is 18.2 Å². The van der Waals surface area contributed by atoms with Gasteiger partial charge < -0.3 is 14.4 Å². The highest BCUT2D eigenvalue weighted by Gasteiger charge is 2.21. The van der Waals surface area contributed by atoms with Crippen LogP contribution in [0.4, 0.5) is 4.39 Å². The van der Waals surface area contributed by atoms with Crippen LogP contribution in [0.3, 0.4) is 0 Å². The summed E-state index contributed by atoms with van der Waals surface area (Å²) in [5.74, 6) is 1.19. The van der Waals surface area contributed by atoms with Crippen LogP contribution < -0.4 is 9.47 Å². The lowest BCUT2D eigenvalue weighted by Gasteiger charge is -2.25. The molecular formula is C27H32FN3O3S. The van der Waals surface area contributed by atoms with Crippen molar-refractivity contribution in [1.29, 1.82) is 0 Å². The number of nitrogens with zero attached hydrogens (tertiary/aromatic N) is 3. The summed E-state index contributed by atoms with van der Waals surface area (Å²) in [5, 5.41) is 2.77. The Morgan fingerprint density at radius 1 is 1.00 bits per heavy atom. The molecule has 0 bridgehead atoms. The van der Waals surface area contributed by atoms with E-state index in [-0.39, 0.29) is 11.7 Å². The second-order valence-electron chi connectivity index (χ2n) is 8.76. The van der Waals surface area contributed by atoms with Gasteiger partial charge in [-0.3, -0.25) is 9.69 Å². The molecule has 0 aliphatic carbocycles. The van der Waals surface area contributed by atoms with E-state index < -0.39 is 0 Å². The third-order valence-corrected chi connectivity index (χ3v) is 7.09. The molecule has 1 saturated heterocycles. The van der Waals surface area contributed by atoms with Gasteiger partial charge in [0.2, 0.25) is 0 Å². The molecule has 3 aromatic rings. The van der Waals surface area contributed by atoms with E-state index in [1.165, 1.54) is 29.9 Å². The number of carbonyl (C=O) groups is 1. The number of aromatic nitrogens is 1. The van der Waals surface area contributed by atoms with E-state index >= 15 is 0 Å². The fraction of sp³-hybridized carbons (Fsp3) is 0.407. The van der Waals surface area contributed by atoms with Crippen LogP contribution in [0.2, 0.25) is 0 Å². The lowest BCUT2D eigenvalue weighted by Crippen LogP contribution is -2.35. The van der Waals surface area contributed by atoms with E-state index in [2.05, 4.69) is 9.88 Å². The number of rotatable bonds is 10. The molecule has 1 aliphatic heterocycles. The lowest BCUT2D eigenvalue weighted by atomic mass is 10.1. The van der Waals surface area contributed by atoms with Gasteiger partial charge >= 0.3 is 0 Å². The number of methoxy groups -OCH3 is 2. The summed E-state index contributed by atoms with van der Waals surface area (Å²) in [6.45, 7) is 3.66. The maximum absolute atomic E-state index is 13.4. The third-order valence-electron chi connectivity index (χ3n) is 6.26. The van der Waals surface area contributed by atoms with E-state index in [4.69, 9.17) is 9.47 Å². The Morgan fingerprint density at radius 2 is 1.71 bits per heavy atom. The largest absolute Gasteiger partial charge is 0.493 e. The van der Waals surface area contributed by atoms with E-state index in [9.17, 15) is 9.18 Å². The molecule has 35 heavy (non-hydrogen) atoms. The molecule has 8 heteroatoms. The van der Waals surface area contributed by atoms with Crippen molar-refractivity contribution in [3.8, 4) is 11.5 Å². The molecule has 2 heterocycles. The van der Waals surface area contributed by atoms with Crippen molar-refractivity contribution in [3.05, 3.63) is 75.5 Å². The topological polar surface area (TPSA) is 54.9 Å². The molecule has 4 rings (SSSR count). The summed E-state index contributed by atoms with van der Waals surface area (Å²) >= 11 is 1.52. The van der Waals surface area contributed by atoms with E-state index in [1.807, 2.05) is 40.6 Å². The minimum atomic E-state index is -0.244. The number of benzene rings is 2. The average Bonchev–Trinajstić information content (AvgIpc) is 3.36. The molecule has 2 aromatic carbocycles. The number of likely N-dealkylation sites (tertiary alicyclic amines) is 1. The van der Waals surface area contributed by atoms with Gasteiger partial charge in [0, 0.05) is 31.6 Å². The van der Waals surface area contributed by atoms with Crippen LogP contribution in [-0.4, -0.2) is 54.5 Å². The summed E-state index contributed by atoms with van der Waals surface area (Å²) in [7, 11) is 3.26. The zero-order valence-electron chi connectivity index (χ0n) is 20.3. The maximum atomic E-state index is 13.4. The van der Waals surface area contributed by atoms with Gasteiger partial charge in [0.15, 0.2) is 11.5 Å². The van der Waals surface area contributed by atoms with E-state index in [0.29, 0.717) is 30.3 Å². The molecule has 0 atom stereocenters. The molecule has 0 spiro atoms. The standard InChI is InChI=1S/C27H32FN3O3S/c1-33-24-11-8-20(16-25(24)34-2)12-15-30(17-21-6-9-22(28)10-7-21)18-26-29-23(19-35-26)27(32)31-13-4-3-5-14-31/h6-11,16,19H,3-5,12-15,17-18H2,1-2H3. The van der Waals surface area contributed by atoms with Gasteiger partial charge in [-0.25, -0.2) is 9.37 Å². The Bertz CT molecular complexity index is 1110. The Morgan fingerprint density at radius 3 is 2.43 bits per heavy atom. The quantitative estimate of drug-likeness (QED) is 0.387. The first-order valence-electron chi connectivity index (χ1n) is 12.0. The highest BCUT2D eigenvalue weighted by molar-refractivity contribution is 7.09. The summed E-state index contributed by atoms with van der Waals surface area (Å²) in [6.07, 6.45) is 4.10. The molecule has 0 radical (unpaired) electrons. The number of hydrogen-bond donors (Lipinski definition) is 0. The first-order chi connectivity index (χ1) is 17.1. The minimum absolute atomic E-state index is 0.0302. The lowest BCUT2D eigenvalue weighted by molar-refractivity contribution is 0.0718. The van der Waals surface area contributed by atoms with Crippen molar-refractivity contribution < 1.29 is 18.7 Å². The molecule has 1 fully saturated rings. The third kappa shape index (κ3) is 6.80. The van der Waals surface area contributed by atoms with Crippen LogP contribution in [-0.2, 0) is 19.5 Å². The number of ether oxygens (including phenoxy) is 2. The number of amides is 1. The van der Waals surface area contributed by atoms with E-state index in [1.54, 1.807) is 14.2 Å². The molecule has 0 unspecified atom stereocenters. The Kier molecular flexibility index (Phi) is 8.71. The van der Waals surface area contributed by atoms with Crippen molar-refractivity contribution >= 4 is 17.2 Å². The fourth-order valence-corrected chi connectivity index (χ4v) is 5.13. The Hall–Kier alpha value is -2.97. The number of hydrogen-bond acceptors (Lipinski definition) is 6. The normalized spacial score (nSPS) is 13.8. The average molecular weight is 498 g/mol. The molecule has 1 aliphatic rings.